The van der Waals surface area contributed by atoms with Gasteiger partial charge in [0.15, 0.2) is 11.6 Å². The molecule has 1 aromatic heterocycles. The largest absolute Gasteiger partial charge is 0.486 e. The first-order valence-electron chi connectivity index (χ1n) is 10.9. The van der Waals surface area contributed by atoms with Gasteiger partial charge in [0.2, 0.25) is 5.95 Å². The van der Waals surface area contributed by atoms with E-state index in [1.807, 2.05) is 17.7 Å². The van der Waals surface area contributed by atoms with Crippen molar-refractivity contribution in [1.82, 2.24) is 14.9 Å². The minimum atomic E-state index is -0.336. The van der Waals surface area contributed by atoms with Crippen LogP contribution in [0.1, 0.15) is 25.0 Å². The van der Waals surface area contributed by atoms with Gasteiger partial charge in [-0.2, -0.15) is 0 Å². The Balaban J connectivity index is 1.47. The number of halogens is 1. The van der Waals surface area contributed by atoms with Crippen LogP contribution in [0.25, 0.3) is 11.3 Å². The van der Waals surface area contributed by atoms with E-state index in [1.54, 1.807) is 6.20 Å². The molecule has 0 saturated carbocycles. The molecule has 7 heteroatoms. The molecular weight excluding hydrogens is 393 g/mol. The maximum absolute atomic E-state index is 14.9. The fraction of sp³-hybridized carbons (Fsp3) is 0.375. The summed E-state index contributed by atoms with van der Waals surface area (Å²) in [7, 11) is 1.95. The van der Waals surface area contributed by atoms with Crippen molar-refractivity contribution in [3.8, 4) is 17.0 Å². The molecule has 2 aromatic carbocycles. The van der Waals surface area contributed by atoms with E-state index in [4.69, 9.17) is 4.74 Å². The minimum Gasteiger partial charge on any atom is -0.486 e. The van der Waals surface area contributed by atoms with Gasteiger partial charge >= 0.3 is 0 Å². The molecule has 31 heavy (non-hydrogen) atoms. The summed E-state index contributed by atoms with van der Waals surface area (Å²) in [6.45, 7) is 7.39. The van der Waals surface area contributed by atoms with Crippen molar-refractivity contribution in [2.24, 2.45) is 7.05 Å². The van der Waals surface area contributed by atoms with Crippen molar-refractivity contribution in [2.75, 3.05) is 29.9 Å². The number of benzene rings is 2. The zero-order chi connectivity index (χ0) is 21.5. The first-order chi connectivity index (χ1) is 15.0. The van der Waals surface area contributed by atoms with E-state index in [0.29, 0.717) is 12.4 Å². The zero-order valence-corrected chi connectivity index (χ0v) is 18.2. The van der Waals surface area contributed by atoms with Gasteiger partial charge in [0.1, 0.15) is 6.61 Å². The van der Waals surface area contributed by atoms with E-state index in [1.165, 1.54) is 17.2 Å². The highest BCUT2D eigenvalue weighted by Gasteiger charge is 2.25. The third kappa shape index (κ3) is 3.63. The molecule has 0 saturated heterocycles. The molecule has 0 aliphatic carbocycles. The van der Waals surface area contributed by atoms with Crippen LogP contribution in [-0.2, 0) is 20.0 Å². The molecule has 6 nitrogen and oxygen atoms in total. The van der Waals surface area contributed by atoms with Crippen LogP contribution in [0.2, 0.25) is 0 Å². The Morgan fingerprint density at radius 1 is 1.19 bits per heavy atom. The van der Waals surface area contributed by atoms with E-state index in [2.05, 4.69) is 52.6 Å². The quantitative estimate of drug-likeness (QED) is 0.661. The molecular formula is C24H28FN5O. The molecule has 2 aliphatic heterocycles. The maximum Gasteiger partial charge on any atom is 0.207 e. The molecule has 0 spiro atoms. The van der Waals surface area contributed by atoms with Crippen molar-refractivity contribution in [3.63, 3.8) is 0 Å². The first kappa shape index (κ1) is 19.9. The highest BCUT2D eigenvalue weighted by Crippen LogP contribution is 2.39. The Morgan fingerprint density at radius 3 is 2.90 bits per heavy atom. The molecule has 162 valence electrons. The molecule has 0 unspecified atom stereocenters. The van der Waals surface area contributed by atoms with Gasteiger partial charge < -0.3 is 24.8 Å². The Bertz CT molecular complexity index is 1120. The van der Waals surface area contributed by atoms with Crippen molar-refractivity contribution < 1.29 is 9.13 Å². The van der Waals surface area contributed by atoms with Crippen molar-refractivity contribution in [1.29, 1.82) is 0 Å². The van der Waals surface area contributed by atoms with Gasteiger partial charge in [-0.15, -0.1) is 0 Å². The summed E-state index contributed by atoms with van der Waals surface area (Å²) in [5.74, 6) is 0.726. The van der Waals surface area contributed by atoms with Crippen molar-refractivity contribution in [3.05, 3.63) is 53.5 Å². The molecule has 3 aromatic rings. The monoisotopic (exact) mass is 421 g/mol. The van der Waals surface area contributed by atoms with Crippen LogP contribution in [0, 0.1) is 5.82 Å². The van der Waals surface area contributed by atoms with Crippen LogP contribution in [0.5, 0.6) is 5.75 Å². The van der Waals surface area contributed by atoms with Gasteiger partial charge in [0, 0.05) is 30.9 Å². The Labute approximate surface area is 182 Å². The summed E-state index contributed by atoms with van der Waals surface area (Å²) in [6, 6.07) is 10.2. The number of ether oxygens (including phenoxy) is 1. The topological polar surface area (TPSA) is 54.4 Å². The second-order valence-electron chi connectivity index (χ2n) is 8.50. The lowest BCUT2D eigenvalue weighted by molar-refractivity contribution is 0.287. The minimum absolute atomic E-state index is 0.264. The molecule has 0 atom stereocenters. The summed E-state index contributed by atoms with van der Waals surface area (Å²) in [6.07, 6.45) is 2.81. The van der Waals surface area contributed by atoms with Crippen LogP contribution in [0.15, 0.2) is 36.5 Å². The van der Waals surface area contributed by atoms with Gasteiger partial charge in [-0.1, -0.05) is 6.07 Å². The van der Waals surface area contributed by atoms with Crippen LogP contribution in [0.3, 0.4) is 0 Å². The molecule has 3 heterocycles. The van der Waals surface area contributed by atoms with Gasteiger partial charge in [-0.3, -0.25) is 0 Å². The fourth-order valence-corrected chi connectivity index (χ4v) is 4.46. The highest BCUT2D eigenvalue weighted by molar-refractivity contribution is 5.73. The average molecular weight is 422 g/mol. The Kier molecular flexibility index (Phi) is 5.06. The number of fused-ring (bicyclic) bond motifs is 2. The van der Waals surface area contributed by atoms with E-state index in [9.17, 15) is 4.39 Å². The van der Waals surface area contributed by atoms with E-state index >= 15 is 0 Å². The van der Waals surface area contributed by atoms with Gasteiger partial charge in [-0.05, 0) is 62.2 Å². The lowest BCUT2D eigenvalue weighted by Crippen LogP contribution is -2.38. The van der Waals surface area contributed by atoms with Gasteiger partial charge in [-0.25, -0.2) is 9.37 Å². The fourth-order valence-electron chi connectivity index (χ4n) is 4.46. The molecule has 0 fully saturated rings. The Hall–Kier alpha value is -3.06. The summed E-state index contributed by atoms with van der Waals surface area (Å²) in [5.41, 5.74) is 6.15. The van der Waals surface area contributed by atoms with Crippen molar-refractivity contribution in [2.45, 2.75) is 32.9 Å². The van der Waals surface area contributed by atoms with E-state index < -0.39 is 0 Å². The highest BCUT2D eigenvalue weighted by atomic mass is 19.1. The summed E-state index contributed by atoms with van der Waals surface area (Å²) in [5, 5.41) is 6.82. The number of hydrogen-bond donors (Lipinski definition) is 2. The smallest absolute Gasteiger partial charge is 0.207 e. The number of imidazole rings is 1. The second kappa shape index (κ2) is 7.89. The van der Waals surface area contributed by atoms with Gasteiger partial charge in [0.25, 0.3) is 0 Å². The van der Waals surface area contributed by atoms with E-state index in [-0.39, 0.29) is 11.9 Å². The van der Waals surface area contributed by atoms with Gasteiger partial charge in [0.05, 0.1) is 24.1 Å². The Morgan fingerprint density at radius 2 is 2.06 bits per heavy atom. The number of rotatable bonds is 4. The standard InChI is InChI=1S/C24H28FN5O/c1-15(2)30-8-9-31-23-20(25)11-18(12-21(23)30)22-14-27-24(29(22)3)28-19-5-4-17-13-26-7-6-16(17)10-19/h4-5,10-12,14-15,26H,6-9,13H2,1-3H3,(H,27,28). The average Bonchev–Trinajstić information content (AvgIpc) is 3.13. The number of anilines is 3. The number of nitrogens with zero attached hydrogens (tertiary/aromatic N) is 3. The molecule has 0 radical (unpaired) electrons. The predicted octanol–water partition coefficient (Wildman–Crippen LogP) is 4.22. The summed E-state index contributed by atoms with van der Waals surface area (Å²) in [4.78, 5) is 6.75. The molecule has 0 bridgehead atoms. The number of nitrogens with one attached hydrogen (secondary N) is 2. The van der Waals surface area contributed by atoms with Crippen LogP contribution in [-0.4, -0.2) is 35.3 Å². The van der Waals surface area contributed by atoms with E-state index in [0.717, 1.165) is 54.6 Å². The molecule has 5 rings (SSSR count). The predicted molar refractivity (Wildman–Crippen MR) is 122 cm³/mol. The van der Waals surface area contributed by atoms with Crippen LogP contribution >= 0.6 is 0 Å². The zero-order valence-electron chi connectivity index (χ0n) is 18.2. The molecule has 0 amide bonds. The maximum atomic E-state index is 14.9. The second-order valence-corrected chi connectivity index (χ2v) is 8.50. The SMILES string of the molecule is CC(C)N1CCOc2c(F)cc(-c3cnc(Nc4ccc5c(c4)CCNC5)n3C)cc21. The lowest BCUT2D eigenvalue weighted by Gasteiger charge is -2.34. The normalized spacial score (nSPS) is 15.5. The van der Waals surface area contributed by atoms with Crippen molar-refractivity contribution >= 4 is 17.3 Å². The first-order valence-corrected chi connectivity index (χ1v) is 10.9. The third-order valence-corrected chi connectivity index (χ3v) is 6.17. The van der Waals surface area contributed by atoms with Crippen LogP contribution in [0.4, 0.5) is 21.7 Å². The number of aromatic nitrogens is 2. The summed E-state index contributed by atoms with van der Waals surface area (Å²) >= 11 is 0. The molecule has 2 aliphatic rings. The molecule has 2 N–H and O–H groups in total. The van der Waals surface area contributed by atoms with Crippen LogP contribution < -0.4 is 20.3 Å². The summed E-state index contributed by atoms with van der Waals surface area (Å²) < 4.78 is 22.5. The number of hydrogen-bond acceptors (Lipinski definition) is 5. The third-order valence-electron chi connectivity index (χ3n) is 6.17. The lowest BCUT2D eigenvalue weighted by atomic mass is 10.0.